The lowest BCUT2D eigenvalue weighted by molar-refractivity contribution is 0.234. The monoisotopic (exact) mass is 164 g/mol. The van der Waals surface area contributed by atoms with E-state index in [0.717, 1.165) is 11.4 Å². The standard InChI is InChI=1S/C9H12N2O/c1-8-6-11-9(7-10-8)4-3-5-12-2/h3-4,6-7H,5H2,1-2H3/b4-3+. The van der Waals surface area contributed by atoms with Crippen molar-refractivity contribution in [1.82, 2.24) is 9.97 Å². The molecule has 0 N–H and O–H groups in total. The largest absolute Gasteiger partial charge is 0.381 e. The van der Waals surface area contributed by atoms with Crippen LogP contribution in [0.1, 0.15) is 11.4 Å². The third kappa shape index (κ3) is 2.80. The zero-order valence-corrected chi connectivity index (χ0v) is 7.32. The highest BCUT2D eigenvalue weighted by Crippen LogP contribution is 1.96. The maximum Gasteiger partial charge on any atom is 0.0810 e. The average Bonchev–Trinajstić information content (AvgIpc) is 2.09. The number of nitrogens with zero attached hydrogens (tertiary/aromatic N) is 2. The van der Waals surface area contributed by atoms with Gasteiger partial charge in [-0.05, 0) is 13.0 Å². The summed E-state index contributed by atoms with van der Waals surface area (Å²) in [5, 5.41) is 0. The summed E-state index contributed by atoms with van der Waals surface area (Å²) < 4.78 is 4.85. The molecule has 64 valence electrons. The van der Waals surface area contributed by atoms with Gasteiger partial charge in [0, 0.05) is 13.3 Å². The summed E-state index contributed by atoms with van der Waals surface area (Å²) >= 11 is 0. The lowest BCUT2D eigenvalue weighted by Gasteiger charge is -1.92. The molecule has 0 aliphatic heterocycles. The summed E-state index contributed by atoms with van der Waals surface area (Å²) in [5.74, 6) is 0. The molecule has 3 heteroatoms. The van der Waals surface area contributed by atoms with Crippen LogP contribution in [0.2, 0.25) is 0 Å². The van der Waals surface area contributed by atoms with Crippen LogP contribution >= 0.6 is 0 Å². The molecule has 0 spiro atoms. The molecule has 0 aromatic carbocycles. The fraction of sp³-hybridized carbons (Fsp3) is 0.333. The lowest BCUT2D eigenvalue weighted by Crippen LogP contribution is -1.87. The Labute approximate surface area is 72.1 Å². The third-order valence-electron chi connectivity index (χ3n) is 1.35. The minimum Gasteiger partial charge on any atom is -0.381 e. The highest BCUT2D eigenvalue weighted by Gasteiger charge is 1.87. The second-order valence-corrected chi connectivity index (χ2v) is 2.44. The molecule has 0 unspecified atom stereocenters. The SMILES string of the molecule is COC/C=C/c1cnc(C)cn1. The Hall–Kier alpha value is -1.22. The van der Waals surface area contributed by atoms with Gasteiger partial charge >= 0.3 is 0 Å². The quantitative estimate of drug-likeness (QED) is 0.678. The molecular formula is C9H12N2O. The first-order chi connectivity index (χ1) is 5.83. The summed E-state index contributed by atoms with van der Waals surface area (Å²) in [6.45, 7) is 2.52. The van der Waals surface area contributed by atoms with E-state index in [4.69, 9.17) is 4.74 Å². The zero-order valence-electron chi connectivity index (χ0n) is 7.32. The van der Waals surface area contributed by atoms with Crippen molar-refractivity contribution in [2.45, 2.75) is 6.92 Å². The Morgan fingerprint density at radius 3 is 2.83 bits per heavy atom. The fourth-order valence-corrected chi connectivity index (χ4v) is 0.754. The molecule has 1 aromatic rings. The Kier molecular flexibility index (Phi) is 3.41. The van der Waals surface area contributed by atoms with Crippen LogP contribution < -0.4 is 0 Å². The van der Waals surface area contributed by atoms with Gasteiger partial charge in [-0.25, -0.2) is 0 Å². The van der Waals surface area contributed by atoms with E-state index in [9.17, 15) is 0 Å². The van der Waals surface area contributed by atoms with Crippen LogP contribution in [0.15, 0.2) is 18.5 Å². The molecule has 12 heavy (non-hydrogen) atoms. The van der Waals surface area contributed by atoms with E-state index in [1.165, 1.54) is 0 Å². The Balaban J connectivity index is 2.58. The van der Waals surface area contributed by atoms with Gasteiger partial charge in [-0.1, -0.05) is 6.08 Å². The van der Waals surface area contributed by atoms with Crippen molar-refractivity contribution in [3.8, 4) is 0 Å². The van der Waals surface area contributed by atoms with Gasteiger partial charge in [0.15, 0.2) is 0 Å². The van der Waals surface area contributed by atoms with Crippen LogP contribution in [0.4, 0.5) is 0 Å². The zero-order chi connectivity index (χ0) is 8.81. The van der Waals surface area contributed by atoms with Crippen molar-refractivity contribution in [3.63, 3.8) is 0 Å². The maximum atomic E-state index is 4.85. The minimum atomic E-state index is 0.607. The van der Waals surface area contributed by atoms with Crippen LogP contribution in [-0.2, 0) is 4.74 Å². The molecule has 0 saturated carbocycles. The van der Waals surface area contributed by atoms with Crippen LogP contribution in [0.5, 0.6) is 0 Å². The van der Waals surface area contributed by atoms with Crippen molar-refractivity contribution >= 4 is 6.08 Å². The molecular weight excluding hydrogens is 152 g/mol. The molecule has 1 aromatic heterocycles. The molecule has 0 atom stereocenters. The van der Waals surface area contributed by atoms with Crippen molar-refractivity contribution in [2.75, 3.05) is 13.7 Å². The number of aryl methyl sites for hydroxylation is 1. The summed E-state index contributed by atoms with van der Waals surface area (Å²) in [7, 11) is 1.66. The average molecular weight is 164 g/mol. The molecule has 0 amide bonds. The molecule has 0 aliphatic rings. The molecule has 1 heterocycles. The van der Waals surface area contributed by atoms with Crippen LogP contribution in [0.3, 0.4) is 0 Å². The number of hydrogen-bond acceptors (Lipinski definition) is 3. The molecule has 0 radical (unpaired) electrons. The van der Waals surface area contributed by atoms with Crippen molar-refractivity contribution < 1.29 is 4.74 Å². The third-order valence-corrected chi connectivity index (χ3v) is 1.35. The summed E-state index contributed by atoms with van der Waals surface area (Å²) in [6.07, 6.45) is 7.27. The second kappa shape index (κ2) is 4.62. The van der Waals surface area contributed by atoms with E-state index >= 15 is 0 Å². The first kappa shape index (κ1) is 8.87. The van der Waals surface area contributed by atoms with Gasteiger partial charge < -0.3 is 4.74 Å². The molecule has 1 rings (SSSR count). The van der Waals surface area contributed by atoms with Gasteiger partial charge in [0.05, 0.1) is 24.2 Å². The number of aromatic nitrogens is 2. The van der Waals surface area contributed by atoms with E-state index in [2.05, 4.69) is 9.97 Å². The predicted octanol–water partition coefficient (Wildman–Crippen LogP) is 1.44. The highest BCUT2D eigenvalue weighted by molar-refractivity contribution is 5.42. The number of ether oxygens (including phenoxy) is 1. The lowest BCUT2D eigenvalue weighted by atomic mass is 10.4. The number of hydrogen-bond donors (Lipinski definition) is 0. The summed E-state index contributed by atoms with van der Waals surface area (Å²) in [4.78, 5) is 8.25. The van der Waals surface area contributed by atoms with E-state index in [1.54, 1.807) is 19.5 Å². The van der Waals surface area contributed by atoms with Crippen molar-refractivity contribution in [2.24, 2.45) is 0 Å². The summed E-state index contributed by atoms with van der Waals surface area (Å²) in [6, 6.07) is 0. The van der Waals surface area contributed by atoms with Crippen molar-refractivity contribution in [3.05, 3.63) is 29.9 Å². The van der Waals surface area contributed by atoms with Crippen LogP contribution in [-0.4, -0.2) is 23.7 Å². The van der Waals surface area contributed by atoms with E-state index in [-0.39, 0.29) is 0 Å². The fourth-order valence-electron chi connectivity index (χ4n) is 0.754. The first-order valence-corrected chi connectivity index (χ1v) is 3.77. The topological polar surface area (TPSA) is 35.0 Å². The van der Waals surface area contributed by atoms with Gasteiger partial charge in [-0.3, -0.25) is 9.97 Å². The first-order valence-electron chi connectivity index (χ1n) is 3.77. The molecule has 0 aliphatic carbocycles. The highest BCUT2D eigenvalue weighted by atomic mass is 16.5. The van der Waals surface area contributed by atoms with Gasteiger partial charge in [0.1, 0.15) is 0 Å². The molecule has 0 bridgehead atoms. The smallest absolute Gasteiger partial charge is 0.0810 e. The van der Waals surface area contributed by atoms with Gasteiger partial charge in [-0.2, -0.15) is 0 Å². The van der Waals surface area contributed by atoms with E-state index < -0.39 is 0 Å². The Bertz CT molecular complexity index is 254. The van der Waals surface area contributed by atoms with Crippen LogP contribution in [0, 0.1) is 6.92 Å². The summed E-state index contributed by atoms with van der Waals surface area (Å²) in [5.41, 5.74) is 1.79. The predicted molar refractivity (Wildman–Crippen MR) is 47.7 cm³/mol. The van der Waals surface area contributed by atoms with E-state index in [0.29, 0.717) is 6.61 Å². The number of methoxy groups -OCH3 is 1. The van der Waals surface area contributed by atoms with E-state index in [1.807, 2.05) is 19.1 Å². The van der Waals surface area contributed by atoms with Crippen molar-refractivity contribution in [1.29, 1.82) is 0 Å². The number of rotatable bonds is 3. The van der Waals surface area contributed by atoms with Gasteiger partial charge in [0.25, 0.3) is 0 Å². The molecule has 0 fully saturated rings. The van der Waals surface area contributed by atoms with Gasteiger partial charge in [0.2, 0.25) is 0 Å². The molecule has 3 nitrogen and oxygen atoms in total. The van der Waals surface area contributed by atoms with Crippen LogP contribution in [0.25, 0.3) is 6.08 Å². The normalized spacial score (nSPS) is 10.8. The Morgan fingerprint density at radius 2 is 2.25 bits per heavy atom. The Morgan fingerprint density at radius 1 is 1.42 bits per heavy atom. The van der Waals surface area contributed by atoms with Gasteiger partial charge in [-0.15, -0.1) is 0 Å². The maximum absolute atomic E-state index is 4.85. The minimum absolute atomic E-state index is 0.607. The molecule has 0 saturated heterocycles. The second-order valence-electron chi connectivity index (χ2n) is 2.44.